The molecule has 1 heterocycles. The average molecular weight is 276 g/mol. The smallest absolute Gasteiger partial charge is 0.0751 e. The summed E-state index contributed by atoms with van der Waals surface area (Å²) in [5.74, 6) is 5.37. The fourth-order valence-electron chi connectivity index (χ4n) is 2.14. The van der Waals surface area contributed by atoms with Gasteiger partial charge in [-0.1, -0.05) is 38.8 Å². The van der Waals surface area contributed by atoms with Gasteiger partial charge in [-0.3, -0.25) is 0 Å². The second-order valence-corrected chi connectivity index (χ2v) is 8.35. The summed E-state index contributed by atoms with van der Waals surface area (Å²) in [6, 6.07) is 6.65. The maximum atomic E-state index is 5.62. The number of benzene rings is 1. The van der Waals surface area contributed by atoms with Crippen molar-refractivity contribution < 1.29 is 0 Å². The van der Waals surface area contributed by atoms with Crippen molar-refractivity contribution in [3.8, 4) is 12.3 Å². The molecule has 18 heavy (non-hydrogen) atoms. The number of hydrogen-bond donors (Lipinski definition) is 0. The van der Waals surface area contributed by atoms with Crippen LogP contribution in [0.3, 0.4) is 0 Å². The van der Waals surface area contributed by atoms with E-state index < -0.39 is 0 Å². The first kappa shape index (κ1) is 13.9. The summed E-state index contributed by atoms with van der Waals surface area (Å²) in [6.07, 6.45) is 6.95. The third-order valence-corrected chi connectivity index (χ3v) is 6.12. The Morgan fingerprint density at radius 1 is 1.22 bits per heavy atom. The lowest BCUT2D eigenvalue weighted by atomic mass is 9.83. The van der Waals surface area contributed by atoms with Gasteiger partial charge in [-0.25, -0.2) is 0 Å². The lowest BCUT2D eigenvalue weighted by Gasteiger charge is -2.26. The fraction of sp³-hybridized carbons (Fsp3) is 0.500. The zero-order valence-corrected chi connectivity index (χ0v) is 13.0. The number of thioether (sulfide) groups is 2. The van der Waals surface area contributed by atoms with Crippen molar-refractivity contribution in [2.45, 2.75) is 37.2 Å². The second-order valence-electron chi connectivity index (χ2n) is 5.63. The number of terminal acetylenes is 1. The summed E-state index contributed by atoms with van der Waals surface area (Å²) >= 11 is 4.12. The molecule has 0 spiro atoms. The SMILES string of the molecule is C#Cc1ccc(C2SCCCS2)cc1C(C)(C)C. The molecule has 1 aliphatic rings. The van der Waals surface area contributed by atoms with Crippen LogP contribution >= 0.6 is 23.5 Å². The van der Waals surface area contributed by atoms with Crippen molar-refractivity contribution in [3.63, 3.8) is 0 Å². The van der Waals surface area contributed by atoms with Gasteiger partial charge < -0.3 is 0 Å². The normalized spacial score (nSPS) is 17.4. The van der Waals surface area contributed by atoms with Crippen LogP contribution in [-0.2, 0) is 5.41 Å². The monoisotopic (exact) mass is 276 g/mol. The topological polar surface area (TPSA) is 0 Å². The van der Waals surface area contributed by atoms with E-state index in [1.165, 1.54) is 29.1 Å². The van der Waals surface area contributed by atoms with E-state index >= 15 is 0 Å². The maximum absolute atomic E-state index is 5.62. The minimum absolute atomic E-state index is 0.113. The molecule has 0 nitrogen and oxygen atoms in total. The molecule has 1 fully saturated rings. The van der Waals surface area contributed by atoms with Crippen molar-refractivity contribution in [1.29, 1.82) is 0 Å². The average Bonchev–Trinajstić information content (AvgIpc) is 2.38. The van der Waals surface area contributed by atoms with Crippen LogP contribution in [0.15, 0.2) is 18.2 Å². The molecular formula is C16H20S2. The van der Waals surface area contributed by atoms with Gasteiger partial charge in [0, 0.05) is 5.56 Å². The molecule has 0 unspecified atom stereocenters. The molecule has 1 aliphatic heterocycles. The molecular weight excluding hydrogens is 256 g/mol. The minimum atomic E-state index is 0.113. The summed E-state index contributed by atoms with van der Waals surface area (Å²) in [4.78, 5) is 0. The van der Waals surface area contributed by atoms with Gasteiger partial charge in [0.05, 0.1) is 4.58 Å². The predicted molar refractivity (Wildman–Crippen MR) is 85.4 cm³/mol. The van der Waals surface area contributed by atoms with E-state index in [0.29, 0.717) is 4.58 Å². The summed E-state index contributed by atoms with van der Waals surface area (Å²) in [7, 11) is 0. The zero-order valence-electron chi connectivity index (χ0n) is 11.3. The van der Waals surface area contributed by atoms with E-state index in [2.05, 4.69) is 68.4 Å². The Balaban J connectivity index is 2.37. The highest BCUT2D eigenvalue weighted by Gasteiger charge is 2.22. The van der Waals surface area contributed by atoms with E-state index in [9.17, 15) is 0 Å². The molecule has 2 heteroatoms. The predicted octanol–water partition coefficient (Wildman–Crippen LogP) is 4.83. The lowest BCUT2D eigenvalue weighted by molar-refractivity contribution is 0.588. The number of rotatable bonds is 1. The molecule has 0 aromatic heterocycles. The molecule has 0 radical (unpaired) electrons. The molecule has 0 aliphatic carbocycles. The molecule has 0 bridgehead atoms. The summed E-state index contributed by atoms with van der Waals surface area (Å²) in [5.41, 5.74) is 3.88. The zero-order chi connectivity index (χ0) is 13.2. The number of hydrogen-bond acceptors (Lipinski definition) is 2. The van der Waals surface area contributed by atoms with Crippen molar-refractivity contribution in [2.75, 3.05) is 11.5 Å². The summed E-state index contributed by atoms with van der Waals surface area (Å²) < 4.78 is 0.590. The first-order chi connectivity index (χ1) is 8.52. The van der Waals surface area contributed by atoms with Gasteiger partial charge in [-0.05, 0) is 40.5 Å². The highest BCUT2D eigenvalue weighted by Crippen LogP contribution is 2.44. The van der Waals surface area contributed by atoms with Crippen molar-refractivity contribution >= 4 is 23.5 Å². The lowest BCUT2D eigenvalue weighted by Crippen LogP contribution is -2.14. The van der Waals surface area contributed by atoms with E-state index in [4.69, 9.17) is 6.42 Å². The van der Waals surface area contributed by atoms with Crippen LogP contribution in [0.5, 0.6) is 0 Å². The molecule has 0 N–H and O–H groups in total. The fourth-order valence-corrected chi connectivity index (χ4v) is 5.01. The molecule has 96 valence electrons. The van der Waals surface area contributed by atoms with E-state index in [1.807, 2.05) is 0 Å². The van der Waals surface area contributed by atoms with Gasteiger partial charge in [0.1, 0.15) is 0 Å². The van der Waals surface area contributed by atoms with Gasteiger partial charge in [-0.2, -0.15) is 0 Å². The molecule has 2 rings (SSSR count). The first-order valence-electron chi connectivity index (χ1n) is 6.36. The third-order valence-electron chi connectivity index (χ3n) is 3.11. The van der Waals surface area contributed by atoms with Crippen LogP contribution in [-0.4, -0.2) is 11.5 Å². The van der Waals surface area contributed by atoms with E-state index in [1.54, 1.807) is 0 Å². The molecule has 0 saturated carbocycles. The Morgan fingerprint density at radius 3 is 2.44 bits per heavy atom. The largest absolute Gasteiger partial charge is 0.143 e. The Bertz CT molecular complexity index is 457. The van der Waals surface area contributed by atoms with E-state index in [0.717, 1.165) is 5.56 Å². The van der Waals surface area contributed by atoms with Crippen LogP contribution < -0.4 is 0 Å². The van der Waals surface area contributed by atoms with Crippen LogP contribution in [0.2, 0.25) is 0 Å². The minimum Gasteiger partial charge on any atom is -0.143 e. The molecule has 0 atom stereocenters. The van der Waals surface area contributed by atoms with Crippen molar-refractivity contribution in [3.05, 3.63) is 34.9 Å². The summed E-state index contributed by atoms with van der Waals surface area (Å²) in [5, 5.41) is 0. The van der Waals surface area contributed by atoms with Gasteiger partial charge in [0.25, 0.3) is 0 Å². The van der Waals surface area contributed by atoms with Gasteiger partial charge in [-0.15, -0.1) is 29.9 Å². The van der Waals surface area contributed by atoms with Crippen LogP contribution in [0, 0.1) is 12.3 Å². The second kappa shape index (κ2) is 5.63. The van der Waals surface area contributed by atoms with Crippen LogP contribution in [0.25, 0.3) is 0 Å². The molecule has 1 saturated heterocycles. The Morgan fingerprint density at radius 2 is 1.89 bits per heavy atom. The first-order valence-corrected chi connectivity index (χ1v) is 8.46. The van der Waals surface area contributed by atoms with Crippen molar-refractivity contribution in [1.82, 2.24) is 0 Å². The highest BCUT2D eigenvalue weighted by atomic mass is 32.2. The molecule has 1 aromatic rings. The Kier molecular flexibility index (Phi) is 4.35. The van der Waals surface area contributed by atoms with Gasteiger partial charge in [0.15, 0.2) is 0 Å². The Hall–Kier alpha value is -0.520. The quantitative estimate of drug-likeness (QED) is 0.674. The highest BCUT2D eigenvalue weighted by molar-refractivity contribution is 8.16. The van der Waals surface area contributed by atoms with Crippen LogP contribution in [0.4, 0.5) is 0 Å². The summed E-state index contributed by atoms with van der Waals surface area (Å²) in [6.45, 7) is 6.69. The van der Waals surface area contributed by atoms with Gasteiger partial charge in [0.2, 0.25) is 0 Å². The third kappa shape index (κ3) is 3.08. The maximum Gasteiger partial charge on any atom is 0.0751 e. The Labute approximate surface area is 119 Å². The van der Waals surface area contributed by atoms with E-state index in [-0.39, 0.29) is 5.41 Å². The van der Waals surface area contributed by atoms with Crippen molar-refractivity contribution in [2.24, 2.45) is 0 Å². The van der Waals surface area contributed by atoms with Crippen LogP contribution in [0.1, 0.15) is 48.5 Å². The van der Waals surface area contributed by atoms with Gasteiger partial charge >= 0.3 is 0 Å². The molecule has 1 aromatic carbocycles. The standard InChI is InChI=1S/C16H20S2/c1-5-12-7-8-13(11-14(12)16(2,3)4)15-17-9-6-10-18-15/h1,7-8,11,15H,6,9-10H2,2-4H3. The molecule has 0 amide bonds.